The molecular weight excluding hydrogens is 360 g/mol. The number of rotatable bonds is 7. The Balaban J connectivity index is 1.86. The van der Waals surface area contributed by atoms with E-state index in [-0.39, 0.29) is 23.9 Å². The van der Waals surface area contributed by atoms with Gasteiger partial charge in [-0.25, -0.2) is 4.79 Å². The summed E-state index contributed by atoms with van der Waals surface area (Å²) in [6.45, 7) is 4.53. The van der Waals surface area contributed by atoms with Crippen LogP contribution < -0.4 is 10.6 Å². The standard InChI is InChI=1S/C20H30N4O4/c1-4-28-20(27)24-11-8-17(9-12-24)22-19(26)16-7-5-6-15(14-16)18(25)21-10-13-23(2)3/h5-7,14,17H,4,8-13H2,1-3H3,(H,21,25)(H,22,26). The summed E-state index contributed by atoms with van der Waals surface area (Å²) in [6.07, 6.45) is 1.05. The van der Waals surface area contributed by atoms with E-state index in [0.29, 0.717) is 50.2 Å². The van der Waals surface area contributed by atoms with Crippen LogP contribution in [0.4, 0.5) is 4.79 Å². The average Bonchev–Trinajstić information content (AvgIpc) is 2.68. The van der Waals surface area contributed by atoms with Crippen molar-refractivity contribution in [3.05, 3.63) is 35.4 Å². The summed E-state index contributed by atoms with van der Waals surface area (Å²) >= 11 is 0. The average molecular weight is 390 g/mol. The van der Waals surface area contributed by atoms with Crippen molar-refractivity contribution >= 4 is 17.9 Å². The number of hydrogen-bond acceptors (Lipinski definition) is 5. The highest BCUT2D eigenvalue weighted by Crippen LogP contribution is 2.13. The third kappa shape index (κ3) is 6.53. The third-order valence-electron chi connectivity index (χ3n) is 4.59. The van der Waals surface area contributed by atoms with Crippen LogP contribution in [0.15, 0.2) is 24.3 Å². The predicted octanol–water partition coefficient (Wildman–Crippen LogP) is 1.33. The van der Waals surface area contributed by atoms with Crippen LogP contribution in [0.3, 0.4) is 0 Å². The number of nitrogens with one attached hydrogen (secondary N) is 2. The molecule has 0 saturated carbocycles. The number of piperidine rings is 1. The highest BCUT2D eigenvalue weighted by atomic mass is 16.6. The van der Waals surface area contributed by atoms with E-state index in [2.05, 4.69) is 10.6 Å². The first-order chi connectivity index (χ1) is 13.4. The van der Waals surface area contributed by atoms with Gasteiger partial charge in [-0.2, -0.15) is 0 Å². The molecule has 0 spiro atoms. The molecule has 1 aliphatic heterocycles. The summed E-state index contributed by atoms with van der Waals surface area (Å²) in [5.74, 6) is -0.406. The Kier molecular flexibility index (Phi) is 8.25. The van der Waals surface area contributed by atoms with Crippen LogP contribution in [0.1, 0.15) is 40.5 Å². The van der Waals surface area contributed by atoms with E-state index in [1.807, 2.05) is 19.0 Å². The van der Waals surface area contributed by atoms with Crippen molar-refractivity contribution in [2.24, 2.45) is 0 Å². The van der Waals surface area contributed by atoms with Gasteiger partial charge in [-0.15, -0.1) is 0 Å². The van der Waals surface area contributed by atoms with Gasteiger partial charge in [0.25, 0.3) is 11.8 Å². The van der Waals surface area contributed by atoms with Crippen LogP contribution in [0, 0.1) is 0 Å². The monoisotopic (exact) mass is 390 g/mol. The fraction of sp³-hybridized carbons (Fsp3) is 0.550. The molecule has 1 fully saturated rings. The van der Waals surface area contributed by atoms with Crippen LogP contribution in [0.5, 0.6) is 0 Å². The molecule has 0 aromatic heterocycles. The molecule has 1 aliphatic rings. The van der Waals surface area contributed by atoms with Crippen molar-refractivity contribution in [2.45, 2.75) is 25.8 Å². The fourth-order valence-corrected chi connectivity index (χ4v) is 2.99. The maximum atomic E-state index is 12.6. The molecule has 0 radical (unpaired) electrons. The Morgan fingerprint density at radius 3 is 2.39 bits per heavy atom. The summed E-state index contributed by atoms with van der Waals surface area (Å²) in [5, 5.41) is 5.84. The first kappa shape index (κ1) is 21.7. The van der Waals surface area contributed by atoms with Crippen LogP contribution in [0.2, 0.25) is 0 Å². The minimum atomic E-state index is -0.305. The molecule has 28 heavy (non-hydrogen) atoms. The molecule has 2 rings (SSSR count). The van der Waals surface area contributed by atoms with Crippen molar-refractivity contribution in [3.63, 3.8) is 0 Å². The zero-order valence-corrected chi connectivity index (χ0v) is 16.9. The van der Waals surface area contributed by atoms with Crippen LogP contribution in [-0.4, -0.2) is 80.6 Å². The van der Waals surface area contributed by atoms with E-state index in [9.17, 15) is 14.4 Å². The molecule has 0 bridgehead atoms. The van der Waals surface area contributed by atoms with Gasteiger partial charge in [-0.1, -0.05) is 6.07 Å². The second-order valence-corrected chi connectivity index (χ2v) is 7.07. The van der Waals surface area contributed by atoms with Crippen molar-refractivity contribution in [3.8, 4) is 0 Å². The number of amides is 3. The number of carbonyl (C=O) groups excluding carboxylic acids is 3. The molecule has 0 atom stereocenters. The zero-order chi connectivity index (χ0) is 20.5. The topological polar surface area (TPSA) is 91.0 Å². The SMILES string of the molecule is CCOC(=O)N1CCC(NC(=O)c2cccc(C(=O)NCCN(C)C)c2)CC1. The molecule has 154 valence electrons. The lowest BCUT2D eigenvalue weighted by Gasteiger charge is -2.31. The Morgan fingerprint density at radius 1 is 1.14 bits per heavy atom. The lowest BCUT2D eigenvalue weighted by Crippen LogP contribution is -2.46. The molecule has 1 aromatic carbocycles. The minimum Gasteiger partial charge on any atom is -0.450 e. The van der Waals surface area contributed by atoms with E-state index in [0.717, 1.165) is 6.54 Å². The molecular formula is C20H30N4O4. The Morgan fingerprint density at radius 2 is 1.79 bits per heavy atom. The molecule has 1 saturated heterocycles. The van der Waals surface area contributed by atoms with E-state index in [4.69, 9.17) is 4.74 Å². The summed E-state index contributed by atoms with van der Waals surface area (Å²) in [6, 6.07) is 6.70. The summed E-state index contributed by atoms with van der Waals surface area (Å²) in [4.78, 5) is 40.2. The Bertz CT molecular complexity index is 685. The number of likely N-dealkylation sites (N-methyl/N-ethyl adjacent to an activating group) is 1. The smallest absolute Gasteiger partial charge is 0.409 e. The Labute approximate surface area is 166 Å². The molecule has 3 amide bonds. The van der Waals surface area contributed by atoms with E-state index < -0.39 is 0 Å². The highest BCUT2D eigenvalue weighted by Gasteiger charge is 2.25. The van der Waals surface area contributed by atoms with Gasteiger partial charge in [0.2, 0.25) is 0 Å². The van der Waals surface area contributed by atoms with Gasteiger partial charge in [0.05, 0.1) is 6.61 Å². The molecule has 8 nitrogen and oxygen atoms in total. The van der Waals surface area contributed by atoms with Crippen LogP contribution in [0.25, 0.3) is 0 Å². The number of carbonyl (C=O) groups is 3. The molecule has 0 unspecified atom stereocenters. The normalized spacial score (nSPS) is 14.6. The predicted molar refractivity (Wildman–Crippen MR) is 106 cm³/mol. The minimum absolute atomic E-state index is 0.00393. The number of ether oxygens (including phenoxy) is 1. The van der Waals surface area contributed by atoms with E-state index in [1.165, 1.54) is 0 Å². The second kappa shape index (κ2) is 10.7. The maximum absolute atomic E-state index is 12.6. The number of benzene rings is 1. The number of nitrogens with zero attached hydrogens (tertiary/aromatic N) is 2. The van der Waals surface area contributed by atoms with Gasteiger partial charge < -0.3 is 25.2 Å². The third-order valence-corrected chi connectivity index (χ3v) is 4.59. The van der Waals surface area contributed by atoms with Gasteiger partial charge >= 0.3 is 6.09 Å². The summed E-state index contributed by atoms with van der Waals surface area (Å²) in [7, 11) is 3.88. The first-order valence-corrected chi connectivity index (χ1v) is 9.66. The van der Waals surface area contributed by atoms with Crippen LogP contribution in [-0.2, 0) is 4.74 Å². The van der Waals surface area contributed by atoms with E-state index >= 15 is 0 Å². The number of hydrogen-bond donors (Lipinski definition) is 2. The lowest BCUT2D eigenvalue weighted by molar-refractivity contribution is 0.0859. The van der Waals surface area contributed by atoms with Gasteiger partial charge in [-0.05, 0) is 52.1 Å². The largest absolute Gasteiger partial charge is 0.450 e. The van der Waals surface area contributed by atoms with Gasteiger partial charge in [0.1, 0.15) is 0 Å². The molecule has 8 heteroatoms. The van der Waals surface area contributed by atoms with Crippen molar-refractivity contribution in [1.29, 1.82) is 0 Å². The van der Waals surface area contributed by atoms with E-state index in [1.54, 1.807) is 36.1 Å². The highest BCUT2D eigenvalue weighted by molar-refractivity contribution is 5.99. The van der Waals surface area contributed by atoms with Crippen molar-refractivity contribution in [1.82, 2.24) is 20.4 Å². The van der Waals surface area contributed by atoms with Gasteiger partial charge in [0, 0.05) is 43.3 Å². The quantitative estimate of drug-likeness (QED) is 0.733. The molecule has 1 heterocycles. The molecule has 2 N–H and O–H groups in total. The summed E-state index contributed by atoms with van der Waals surface area (Å²) < 4.78 is 5.00. The molecule has 1 aromatic rings. The first-order valence-electron chi connectivity index (χ1n) is 9.66. The van der Waals surface area contributed by atoms with Gasteiger partial charge in [-0.3, -0.25) is 9.59 Å². The fourth-order valence-electron chi connectivity index (χ4n) is 2.99. The lowest BCUT2D eigenvalue weighted by atomic mass is 10.0. The Hall–Kier alpha value is -2.61. The van der Waals surface area contributed by atoms with Gasteiger partial charge in [0.15, 0.2) is 0 Å². The maximum Gasteiger partial charge on any atom is 0.409 e. The number of likely N-dealkylation sites (tertiary alicyclic amines) is 1. The second-order valence-electron chi connectivity index (χ2n) is 7.07. The van der Waals surface area contributed by atoms with Crippen molar-refractivity contribution < 1.29 is 19.1 Å². The zero-order valence-electron chi connectivity index (χ0n) is 16.9. The van der Waals surface area contributed by atoms with Crippen LogP contribution >= 0.6 is 0 Å². The van der Waals surface area contributed by atoms with Crippen molar-refractivity contribution in [2.75, 3.05) is 46.9 Å². The molecule has 0 aliphatic carbocycles. The summed E-state index contributed by atoms with van der Waals surface area (Å²) in [5.41, 5.74) is 0.914.